The number of hydrogen-bond donors (Lipinski definition) is 0. The summed E-state index contributed by atoms with van der Waals surface area (Å²) in [5.41, 5.74) is 4.42. The Morgan fingerprint density at radius 2 is 1.70 bits per heavy atom. The lowest BCUT2D eigenvalue weighted by Crippen LogP contribution is -2.07. The first-order valence-electron chi connectivity index (χ1n) is 10.8. The number of carbonyl (C=O) groups is 1. The van der Waals surface area contributed by atoms with Crippen molar-refractivity contribution >= 4 is 12.0 Å². The highest BCUT2D eigenvalue weighted by Gasteiger charge is 2.08. The van der Waals surface area contributed by atoms with Crippen molar-refractivity contribution in [2.24, 2.45) is 0 Å². The Hall–Kier alpha value is -2.59. The summed E-state index contributed by atoms with van der Waals surface area (Å²) in [7, 11) is 0. The summed E-state index contributed by atoms with van der Waals surface area (Å²) in [5, 5.41) is 0. The molecule has 0 saturated heterocycles. The van der Waals surface area contributed by atoms with Crippen LogP contribution in [0, 0.1) is 0 Å². The zero-order valence-corrected chi connectivity index (χ0v) is 18.6. The van der Waals surface area contributed by atoms with E-state index in [0.29, 0.717) is 25.7 Å². The van der Waals surface area contributed by atoms with Gasteiger partial charge in [-0.25, -0.2) is 4.79 Å². The van der Waals surface area contributed by atoms with Gasteiger partial charge in [-0.05, 0) is 65.8 Å². The summed E-state index contributed by atoms with van der Waals surface area (Å²) >= 11 is 0. The van der Waals surface area contributed by atoms with E-state index in [4.69, 9.17) is 14.2 Å². The first-order chi connectivity index (χ1) is 14.5. The minimum atomic E-state index is -0.321. The topological polar surface area (TPSA) is 44.8 Å². The lowest BCUT2D eigenvalue weighted by molar-refractivity contribution is -0.137. The Bertz CT molecular complexity index is 806. The highest BCUT2D eigenvalue weighted by Crippen LogP contribution is 2.28. The molecule has 30 heavy (non-hydrogen) atoms. The molecule has 0 spiro atoms. The van der Waals surface area contributed by atoms with E-state index in [1.54, 1.807) is 6.92 Å². The van der Waals surface area contributed by atoms with E-state index < -0.39 is 0 Å². The fourth-order valence-electron chi connectivity index (χ4n) is 3.08. The number of hydrogen-bond acceptors (Lipinski definition) is 4. The van der Waals surface area contributed by atoms with Crippen LogP contribution in [0.15, 0.2) is 48.5 Å². The third-order valence-corrected chi connectivity index (χ3v) is 4.72. The first-order valence-corrected chi connectivity index (χ1v) is 10.8. The summed E-state index contributed by atoms with van der Waals surface area (Å²) < 4.78 is 16.3. The van der Waals surface area contributed by atoms with Crippen LogP contribution in [0.4, 0.5) is 0 Å². The Morgan fingerprint density at radius 3 is 2.37 bits per heavy atom. The van der Waals surface area contributed by atoms with Gasteiger partial charge in [-0.1, -0.05) is 51.5 Å². The summed E-state index contributed by atoms with van der Waals surface area (Å²) in [6.45, 7) is 10.6. The quantitative estimate of drug-likeness (QED) is 0.236. The summed E-state index contributed by atoms with van der Waals surface area (Å²) in [6.07, 6.45) is 5.56. The van der Waals surface area contributed by atoms with E-state index >= 15 is 0 Å². The van der Waals surface area contributed by atoms with Gasteiger partial charge in [0, 0.05) is 12.7 Å². The molecule has 4 nitrogen and oxygen atoms in total. The minimum absolute atomic E-state index is 0.321. The highest BCUT2D eigenvalue weighted by molar-refractivity contribution is 5.87. The van der Waals surface area contributed by atoms with Crippen LogP contribution < -0.4 is 4.74 Å². The Kier molecular flexibility index (Phi) is 10.2. The second-order valence-electron chi connectivity index (χ2n) is 7.42. The van der Waals surface area contributed by atoms with Crippen LogP contribution in [0.2, 0.25) is 0 Å². The average Bonchev–Trinajstić information content (AvgIpc) is 2.75. The molecule has 0 N–H and O–H groups in total. The molecule has 0 aliphatic carbocycles. The molecular formula is C26H34O4. The molecule has 0 radical (unpaired) electrons. The van der Waals surface area contributed by atoms with Gasteiger partial charge in [0.2, 0.25) is 0 Å². The third kappa shape index (κ3) is 7.68. The minimum Gasteiger partial charge on any atom is -0.491 e. The third-order valence-electron chi connectivity index (χ3n) is 4.72. The van der Waals surface area contributed by atoms with E-state index in [1.807, 2.05) is 18.2 Å². The van der Waals surface area contributed by atoms with Crippen molar-refractivity contribution < 1.29 is 19.0 Å². The van der Waals surface area contributed by atoms with Crippen molar-refractivity contribution in [2.75, 3.05) is 26.4 Å². The Labute approximate surface area is 180 Å². The molecule has 0 fully saturated rings. The van der Waals surface area contributed by atoms with Crippen LogP contribution >= 0.6 is 0 Å². The normalized spacial score (nSPS) is 11.2. The molecule has 0 aliphatic heterocycles. The molecule has 0 unspecified atom stereocenters. The highest BCUT2D eigenvalue weighted by atomic mass is 16.5. The van der Waals surface area contributed by atoms with Gasteiger partial charge in [-0.2, -0.15) is 0 Å². The fourth-order valence-corrected chi connectivity index (χ4v) is 3.08. The predicted octanol–water partition coefficient (Wildman–Crippen LogP) is 6.25. The first kappa shape index (κ1) is 23.7. The van der Waals surface area contributed by atoms with E-state index in [1.165, 1.54) is 11.6 Å². The maximum atomic E-state index is 11.7. The molecule has 162 valence electrons. The SMILES string of the molecule is CCCCOCCOc1ccc(-c2ccc(C(C)C)c(/C=C/C(=O)OCC)c2)cc1. The molecule has 0 aromatic heterocycles. The van der Waals surface area contributed by atoms with Crippen molar-refractivity contribution in [1.29, 1.82) is 0 Å². The molecular weight excluding hydrogens is 376 g/mol. The van der Waals surface area contributed by atoms with Gasteiger partial charge < -0.3 is 14.2 Å². The monoisotopic (exact) mass is 410 g/mol. The maximum Gasteiger partial charge on any atom is 0.330 e. The lowest BCUT2D eigenvalue weighted by Gasteiger charge is -2.13. The van der Waals surface area contributed by atoms with Crippen LogP contribution in [0.5, 0.6) is 5.75 Å². The van der Waals surface area contributed by atoms with Crippen LogP contribution in [0.25, 0.3) is 17.2 Å². The number of esters is 1. The average molecular weight is 411 g/mol. The van der Waals surface area contributed by atoms with Crippen molar-refractivity contribution in [3.05, 3.63) is 59.7 Å². The fraction of sp³-hybridized carbons (Fsp3) is 0.423. The molecule has 0 atom stereocenters. The zero-order chi connectivity index (χ0) is 21.8. The summed E-state index contributed by atoms with van der Waals surface area (Å²) in [6, 6.07) is 14.4. The van der Waals surface area contributed by atoms with Gasteiger partial charge in [-0.15, -0.1) is 0 Å². The maximum absolute atomic E-state index is 11.7. The second-order valence-corrected chi connectivity index (χ2v) is 7.42. The van der Waals surface area contributed by atoms with Crippen molar-refractivity contribution in [1.82, 2.24) is 0 Å². The van der Waals surface area contributed by atoms with Gasteiger partial charge in [0.1, 0.15) is 12.4 Å². The van der Waals surface area contributed by atoms with Crippen LogP contribution in [-0.2, 0) is 14.3 Å². The van der Waals surface area contributed by atoms with E-state index in [-0.39, 0.29) is 5.97 Å². The summed E-state index contributed by atoms with van der Waals surface area (Å²) in [4.78, 5) is 11.7. The number of unbranched alkanes of at least 4 members (excludes halogenated alkanes) is 1. The van der Waals surface area contributed by atoms with Crippen LogP contribution in [0.1, 0.15) is 57.6 Å². The number of benzene rings is 2. The molecule has 2 rings (SSSR count). The van der Waals surface area contributed by atoms with E-state index in [2.05, 4.69) is 51.1 Å². The Morgan fingerprint density at radius 1 is 0.967 bits per heavy atom. The smallest absolute Gasteiger partial charge is 0.330 e. The van der Waals surface area contributed by atoms with Crippen LogP contribution in [-0.4, -0.2) is 32.4 Å². The molecule has 0 bridgehead atoms. The number of rotatable bonds is 12. The Balaban J connectivity index is 2.07. The molecule has 0 heterocycles. The lowest BCUT2D eigenvalue weighted by atomic mass is 9.93. The van der Waals surface area contributed by atoms with Gasteiger partial charge in [0.25, 0.3) is 0 Å². The van der Waals surface area contributed by atoms with Gasteiger partial charge in [-0.3, -0.25) is 0 Å². The van der Waals surface area contributed by atoms with Crippen molar-refractivity contribution in [2.45, 2.75) is 46.5 Å². The largest absolute Gasteiger partial charge is 0.491 e. The summed E-state index contributed by atoms with van der Waals surface area (Å²) in [5.74, 6) is 0.869. The van der Waals surface area contributed by atoms with Gasteiger partial charge in [0.15, 0.2) is 0 Å². The van der Waals surface area contributed by atoms with Gasteiger partial charge in [0.05, 0.1) is 13.2 Å². The standard InChI is InChI=1S/C26H34O4/c1-5-7-16-28-17-18-30-24-12-8-21(9-13-24)22-10-14-25(20(3)4)23(19-22)11-15-26(27)29-6-2/h8-15,19-20H,5-7,16-18H2,1-4H3/b15-11+. The predicted molar refractivity (Wildman–Crippen MR) is 123 cm³/mol. The van der Waals surface area contributed by atoms with Crippen molar-refractivity contribution in [3.8, 4) is 16.9 Å². The van der Waals surface area contributed by atoms with E-state index in [9.17, 15) is 4.79 Å². The van der Waals surface area contributed by atoms with Crippen LogP contribution in [0.3, 0.4) is 0 Å². The van der Waals surface area contributed by atoms with Gasteiger partial charge >= 0.3 is 5.97 Å². The molecule has 2 aromatic carbocycles. The molecule has 4 heteroatoms. The zero-order valence-electron chi connectivity index (χ0n) is 18.6. The number of carbonyl (C=O) groups excluding carboxylic acids is 1. The molecule has 0 saturated carbocycles. The molecule has 0 amide bonds. The second kappa shape index (κ2) is 12.9. The van der Waals surface area contributed by atoms with E-state index in [0.717, 1.165) is 41.9 Å². The molecule has 2 aromatic rings. The van der Waals surface area contributed by atoms with Crippen molar-refractivity contribution in [3.63, 3.8) is 0 Å². The molecule has 0 aliphatic rings. The number of ether oxygens (including phenoxy) is 3.